The summed E-state index contributed by atoms with van der Waals surface area (Å²) in [5.74, 6) is 0.781. The smallest absolute Gasteiger partial charge is 0.267 e. The van der Waals surface area contributed by atoms with Gasteiger partial charge < -0.3 is 4.74 Å². The highest BCUT2D eigenvalue weighted by Crippen LogP contribution is 2.23. The molecular formula is C15H19N3O2S. The maximum Gasteiger partial charge on any atom is 0.267 e. The molecule has 2 rings (SSSR count). The minimum Gasteiger partial charge on any atom is -0.481 e. The van der Waals surface area contributed by atoms with Gasteiger partial charge in [-0.2, -0.15) is 0 Å². The van der Waals surface area contributed by atoms with Crippen LogP contribution in [0.2, 0.25) is 0 Å². The summed E-state index contributed by atoms with van der Waals surface area (Å²) in [6, 6.07) is 9.32. The number of benzene rings is 1. The molecule has 1 atom stereocenters. The predicted molar refractivity (Wildman–Crippen MR) is 83.8 cm³/mol. The molecule has 1 heterocycles. The topological polar surface area (TPSA) is 64.1 Å². The molecule has 1 aromatic carbocycles. The van der Waals surface area contributed by atoms with Crippen molar-refractivity contribution in [3.05, 3.63) is 35.3 Å². The number of aromatic nitrogens is 2. The summed E-state index contributed by atoms with van der Waals surface area (Å²) in [5.41, 5.74) is 0. The second-order valence-electron chi connectivity index (χ2n) is 4.92. The van der Waals surface area contributed by atoms with Gasteiger partial charge in [-0.1, -0.05) is 50.3 Å². The van der Waals surface area contributed by atoms with Crippen molar-refractivity contribution in [2.75, 3.05) is 5.32 Å². The highest BCUT2D eigenvalue weighted by atomic mass is 32.1. The van der Waals surface area contributed by atoms with Crippen molar-refractivity contribution in [1.82, 2.24) is 10.2 Å². The standard InChI is InChI=1S/C15H19N3O2S/c1-4-12(20-11-8-6-5-7-9-11)13(19)16-15-18-17-14(21-15)10(2)3/h5-10,12H,4H2,1-3H3,(H,16,18,19)/t12-/m0/s1. The van der Waals surface area contributed by atoms with E-state index >= 15 is 0 Å². The van der Waals surface area contributed by atoms with E-state index in [1.165, 1.54) is 11.3 Å². The van der Waals surface area contributed by atoms with E-state index in [0.717, 1.165) is 5.01 Å². The molecule has 0 aliphatic rings. The molecule has 2 aromatic rings. The summed E-state index contributed by atoms with van der Waals surface area (Å²) < 4.78 is 5.70. The number of nitrogens with zero attached hydrogens (tertiary/aromatic N) is 2. The number of hydrogen-bond donors (Lipinski definition) is 1. The minimum atomic E-state index is -0.543. The Morgan fingerprint density at radius 1 is 1.29 bits per heavy atom. The zero-order valence-corrected chi connectivity index (χ0v) is 13.2. The van der Waals surface area contributed by atoms with Crippen molar-refractivity contribution in [1.29, 1.82) is 0 Å². The van der Waals surface area contributed by atoms with Gasteiger partial charge in [-0.3, -0.25) is 10.1 Å². The van der Waals surface area contributed by atoms with Crippen LogP contribution in [0.25, 0.3) is 0 Å². The quantitative estimate of drug-likeness (QED) is 0.887. The van der Waals surface area contributed by atoms with Crippen LogP contribution in [0.5, 0.6) is 5.75 Å². The molecule has 0 radical (unpaired) electrons. The van der Waals surface area contributed by atoms with Crippen LogP contribution in [0.1, 0.15) is 38.1 Å². The number of ether oxygens (including phenoxy) is 1. The molecule has 5 nitrogen and oxygen atoms in total. The van der Waals surface area contributed by atoms with Crippen molar-refractivity contribution in [3.8, 4) is 5.75 Å². The van der Waals surface area contributed by atoms with Gasteiger partial charge in [-0.15, -0.1) is 10.2 Å². The van der Waals surface area contributed by atoms with Gasteiger partial charge in [0.25, 0.3) is 5.91 Å². The van der Waals surface area contributed by atoms with E-state index in [0.29, 0.717) is 23.2 Å². The maximum absolute atomic E-state index is 12.2. The highest BCUT2D eigenvalue weighted by Gasteiger charge is 2.20. The fourth-order valence-electron chi connectivity index (χ4n) is 1.69. The van der Waals surface area contributed by atoms with Crippen LogP contribution in [0.4, 0.5) is 5.13 Å². The Bertz CT molecular complexity index is 584. The molecule has 112 valence electrons. The van der Waals surface area contributed by atoms with Crippen molar-refractivity contribution in [2.24, 2.45) is 0 Å². The zero-order chi connectivity index (χ0) is 15.2. The summed E-state index contributed by atoms with van der Waals surface area (Å²) in [6.07, 6.45) is 0.0372. The highest BCUT2D eigenvalue weighted by molar-refractivity contribution is 7.15. The van der Waals surface area contributed by atoms with E-state index in [2.05, 4.69) is 15.5 Å². The Morgan fingerprint density at radius 2 is 2.00 bits per heavy atom. The van der Waals surface area contributed by atoms with Gasteiger partial charge in [-0.25, -0.2) is 0 Å². The van der Waals surface area contributed by atoms with Crippen LogP contribution in [0.3, 0.4) is 0 Å². The monoisotopic (exact) mass is 305 g/mol. The molecule has 6 heteroatoms. The van der Waals surface area contributed by atoms with Crippen LogP contribution >= 0.6 is 11.3 Å². The molecule has 0 unspecified atom stereocenters. The van der Waals surface area contributed by atoms with Gasteiger partial charge in [-0.05, 0) is 18.6 Å². The van der Waals surface area contributed by atoms with E-state index in [9.17, 15) is 4.79 Å². The van der Waals surface area contributed by atoms with Gasteiger partial charge in [0, 0.05) is 5.92 Å². The average molecular weight is 305 g/mol. The third-order valence-corrected chi connectivity index (χ3v) is 3.99. The van der Waals surface area contributed by atoms with Crippen LogP contribution in [0.15, 0.2) is 30.3 Å². The van der Waals surface area contributed by atoms with Crippen molar-refractivity contribution < 1.29 is 9.53 Å². The number of carbonyl (C=O) groups excluding carboxylic acids is 1. The summed E-state index contributed by atoms with van der Waals surface area (Å²) in [6.45, 7) is 5.99. The Kier molecular flexibility index (Phi) is 5.27. The lowest BCUT2D eigenvalue weighted by Gasteiger charge is -2.16. The zero-order valence-electron chi connectivity index (χ0n) is 12.4. The van der Waals surface area contributed by atoms with E-state index in [1.54, 1.807) is 0 Å². The summed E-state index contributed by atoms with van der Waals surface area (Å²) >= 11 is 1.39. The van der Waals surface area contributed by atoms with Gasteiger partial charge >= 0.3 is 0 Å². The molecule has 0 saturated carbocycles. The van der Waals surface area contributed by atoms with Crippen LogP contribution in [-0.2, 0) is 4.79 Å². The molecule has 0 saturated heterocycles. The molecule has 0 aliphatic carbocycles. The fourth-order valence-corrected chi connectivity index (χ4v) is 2.44. The number of para-hydroxylation sites is 1. The largest absolute Gasteiger partial charge is 0.481 e. The lowest BCUT2D eigenvalue weighted by atomic mass is 10.2. The molecular weight excluding hydrogens is 286 g/mol. The number of anilines is 1. The van der Waals surface area contributed by atoms with Crippen LogP contribution in [-0.4, -0.2) is 22.2 Å². The van der Waals surface area contributed by atoms with Gasteiger partial charge in [0.2, 0.25) is 5.13 Å². The Balaban J connectivity index is 1.99. The second-order valence-corrected chi connectivity index (χ2v) is 5.93. The van der Waals surface area contributed by atoms with Crippen LogP contribution < -0.4 is 10.1 Å². The Labute approximate surface area is 128 Å². The predicted octanol–water partition coefficient (Wildman–Crippen LogP) is 3.46. The third-order valence-electron chi connectivity index (χ3n) is 2.85. The number of hydrogen-bond acceptors (Lipinski definition) is 5. The first kappa shape index (κ1) is 15.4. The average Bonchev–Trinajstić information content (AvgIpc) is 2.94. The van der Waals surface area contributed by atoms with E-state index in [4.69, 9.17) is 4.74 Å². The molecule has 0 spiro atoms. The van der Waals surface area contributed by atoms with Crippen molar-refractivity contribution >= 4 is 22.4 Å². The van der Waals surface area contributed by atoms with E-state index < -0.39 is 6.10 Å². The van der Waals surface area contributed by atoms with Gasteiger partial charge in [0.1, 0.15) is 10.8 Å². The maximum atomic E-state index is 12.2. The van der Waals surface area contributed by atoms with Gasteiger partial charge in [0.15, 0.2) is 6.10 Å². The SMILES string of the molecule is CC[C@H](Oc1ccccc1)C(=O)Nc1nnc(C(C)C)s1. The number of rotatable bonds is 6. The lowest BCUT2D eigenvalue weighted by Crippen LogP contribution is -2.32. The normalized spacial score (nSPS) is 12.2. The van der Waals surface area contributed by atoms with Crippen molar-refractivity contribution in [2.45, 2.75) is 39.2 Å². The molecule has 0 bridgehead atoms. The Morgan fingerprint density at radius 3 is 2.57 bits per heavy atom. The minimum absolute atomic E-state index is 0.201. The number of amides is 1. The number of nitrogens with one attached hydrogen (secondary N) is 1. The summed E-state index contributed by atoms with van der Waals surface area (Å²) in [4.78, 5) is 12.2. The van der Waals surface area contributed by atoms with Crippen LogP contribution in [0, 0.1) is 0 Å². The molecule has 21 heavy (non-hydrogen) atoms. The first-order chi connectivity index (χ1) is 10.1. The van der Waals surface area contributed by atoms with E-state index in [1.807, 2.05) is 51.1 Å². The van der Waals surface area contributed by atoms with E-state index in [-0.39, 0.29) is 5.91 Å². The molecule has 1 N–H and O–H groups in total. The van der Waals surface area contributed by atoms with Crippen molar-refractivity contribution in [3.63, 3.8) is 0 Å². The molecule has 0 fully saturated rings. The Hall–Kier alpha value is -1.95. The number of carbonyl (C=O) groups is 1. The first-order valence-corrected chi connectivity index (χ1v) is 7.77. The lowest BCUT2D eigenvalue weighted by molar-refractivity contribution is -0.122. The fraction of sp³-hybridized carbons (Fsp3) is 0.400. The third kappa shape index (κ3) is 4.26. The van der Waals surface area contributed by atoms with Gasteiger partial charge in [0.05, 0.1) is 0 Å². The summed E-state index contributed by atoms with van der Waals surface area (Å²) in [7, 11) is 0. The summed E-state index contributed by atoms with van der Waals surface area (Å²) in [5, 5.41) is 12.2. The molecule has 0 aliphatic heterocycles. The first-order valence-electron chi connectivity index (χ1n) is 6.96. The second kappa shape index (κ2) is 7.17. The molecule has 1 amide bonds. The molecule has 1 aromatic heterocycles.